The van der Waals surface area contributed by atoms with Crippen molar-refractivity contribution in [3.63, 3.8) is 0 Å². The Kier molecular flexibility index (Phi) is 1.92. The number of aryl methyl sites for hydroxylation is 1. The molecule has 0 aliphatic rings. The molecule has 4 heteroatoms. The summed E-state index contributed by atoms with van der Waals surface area (Å²) in [6.45, 7) is 1.95. The van der Waals surface area contributed by atoms with Gasteiger partial charge in [-0.25, -0.2) is 0 Å². The van der Waals surface area contributed by atoms with E-state index in [2.05, 4.69) is 26.1 Å². The molecule has 0 aliphatic heterocycles. The highest BCUT2D eigenvalue weighted by Crippen LogP contribution is 2.22. The van der Waals surface area contributed by atoms with Gasteiger partial charge >= 0.3 is 0 Å². The number of aromatic amines is 1. The average molecular weight is 239 g/mol. The second-order valence-corrected chi connectivity index (χ2v) is 3.65. The molecule has 0 fully saturated rings. The Morgan fingerprint density at radius 2 is 2.23 bits per heavy atom. The number of benzene rings is 1. The number of hydrogen-bond acceptors (Lipinski definition) is 2. The van der Waals surface area contributed by atoms with Gasteiger partial charge in [-0.05, 0) is 34.5 Å². The minimum absolute atomic E-state index is 0.0654. The molecule has 66 valence electrons. The lowest BCUT2D eigenvalue weighted by Gasteiger charge is -2.01. The van der Waals surface area contributed by atoms with E-state index in [-0.39, 0.29) is 5.43 Å². The van der Waals surface area contributed by atoms with Crippen LogP contribution in [-0.4, -0.2) is 10.2 Å². The molecule has 0 aliphatic carbocycles. The predicted molar refractivity (Wildman–Crippen MR) is 54.8 cm³/mol. The number of nitrogens with one attached hydrogen (secondary N) is 1. The lowest BCUT2D eigenvalue weighted by molar-refractivity contribution is 1.06. The first-order chi connectivity index (χ1) is 6.20. The van der Waals surface area contributed by atoms with Crippen LogP contribution in [0.4, 0.5) is 0 Å². The first-order valence-electron chi connectivity index (χ1n) is 3.82. The van der Waals surface area contributed by atoms with E-state index in [0.717, 1.165) is 15.6 Å². The first-order valence-corrected chi connectivity index (χ1v) is 4.62. The highest BCUT2D eigenvalue weighted by atomic mass is 79.9. The summed E-state index contributed by atoms with van der Waals surface area (Å²) in [4.78, 5) is 11.4. The normalized spacial score (nSPS) is 10.6. The maximum atomic E-state index is 11.4. The largest absolute Gasteiger partial charge is 0.287 e. The van der Waals surface area contributed by atoms with Gasteiger partial charge in [0, 0.05) is 4.47 Å². The van der Waals surface area contributed by atoms with Crippen molar-refractivity contribution < 1.29 is 0 Å². The zero-order chi connectivity index (χ0) is 9.42. The van der Waals surface area contributed by atoms with Gasteiger partial charge in [0.1, 0.15) is 0 Å². The van der Waals surface area contributed by atoms with Gasteiger partial charge < -0.3 is 0 Å². The lowest BCUT2D eigenvalue weighted by atomic mass is 10.1. The number of halogens is 1. The summed E-state index contributed by atoms with van der Waals surface area (Å²) in [6.07, 6.45) is 1.28. The minimum Gasteiger partial charge on any atom is -0.287 e. The van der Waals surface area contributed by atoms with Crippen LogP contribution in [0.5, 0.6) is 0 Å². The zero-order valence-electron chi connectivity index (χ0n) is 6.97. The third-order valence-corrected chi connectivity index (χ3v) is 2.97. The van der Waals surface area contributed by atoms with E-state index in [0.29, 0.717) is 5.39 Å². The van der Waals surface area contributed by atoms with Crippen molar-refractivity contribution in [3.8, 4) is 0 Å². The maximum Gasteiger partial charge on any atom is 0.209 e. The summed E-state index contributed by atoms with van der Waals surface area (Å²) >= 11 is 3.38. The van der Waals surface area contributed by atoms with E-state index in [4.69, 9.17) is 0 Å². The Hall–Kier alpha value is -1.16. The molecule has 1 heterocycles. The molecule has 0 saturated carbocycles. The minimum atomic E-state index is -0.0654. The van der Waals surface area contributed by atoms with Crippen molar-refractivity contribution >= 4 is 26.8 Å². The van der Waals surface area contributed by atoms with E-state index in [1.54, 1.807) is 0 Å². The summed E-state index contributed by atoms with van der Waals surface area (Å²) in [6, 6.07) is 3.79. The van der Waals surface area contributed by atoms with Crippen molar-refractivity contribution in [2.75, 3.05) is 0 Å². The van der Waals surface area contributed by atoms with Gasteiger partial charge in [-0.1, -0.05) is 6.07 Å². The fraction of sp³-hybridized carbons (Fsp3) is 0.111. The Labute approximate surface area is 82.9 Å². The Morgan fingerprint density at radius 3 is 3.00 bits per heavy atom. The van der Waals surface area contributed by atoms with Crippen LogP contribution in [0.25, 0.3) is 10.9 Å². The summed E-state index contributed by atoms with van der Waals surface area (Å²) in [5.41, 5.74) is 1.73. The predicted octanol–water partition coefficient (Wildman–Crippen LogP) is 1.99. The summed E-state index contributed by atoms with van der Waals surface area (Å²) < 4.78 is 0.841. The molecule has 3 nitrogen and oxygen atoms in total. The third kappa shape index (κ3) is 1.27. The topological polar surface area (TPSA) is 45.8 Å². The standard InChI is InChI=1S/C9H7BrN2O/c1-5-2-3-6-8(9(5)10)7(13)4-11-12-6/h2-4H,1H3,(H,12,13). The van der Waals surface area contributed by atoms with Gasteiger partial charge in [0.15, 0.2) is 0 Å². The molecule has 0 unspecified atom stereocenters. The molecule has 0 spiro atoms. The van der Waals surface area contributed by atoms with Crippen molar-refractivity contribution in [1.29, 1.82) is 0 Å². The van der Waals surface area contributed by atoms with Crippen LogP contribution in [-0.2, 0) is 0 Å². The van der Waals surface area contributed by atoms with E-state index >= 15 is 0 Å². The summed E-state index contributed by atoms with van der Waals surface area (Å²) in [7, 11) is 0. The Bertz CT molecular complexity index is 518. The van der Waals surface area contributed by atoms with Gasteiger partial charge in [0.2, 0.25) is 5.43 Å². The molecule has 0 radical (unpaired) electrons. The smallest absolute Gasteiger partial charge is 0.209 e. The summed E-state index contributed by atoms with van der Waals surface area (Å²) in [5.74, 6) is 0. The molecule has 1 aromatic carbocycles. The van der Waals surface area contributed by atoms with E-state index in [1.807, 2.05) is 19.1 Å². The highest BCUT2D eigenvalue weighted by Gasteiger charge is 2.04. The number of hydrogen-bond donors (Lipinski definition) is 1. The van der Waals surface area contributed by atoms with Crippen LogP contribution in [0.1, 0.15) is 5.56 Å². The fourth-order valence-corrected chi connectivity index (χ4v) is 1.78. The van der Waals surface area contributed by atoms with Gasteiger partial charge in [-0.15, -0.1) is 0 Å². The van der Waals surface area contributed by atoms with Crippen LogP contribution >= 0.6 is 15.9 Å². The summed E-state index contributed by atoms with van der Waals surface area (Å²) in [5, 5.41) is 7.17. The Balaban J connectivity index is 3.06. The van der Waals surface area contributed by atoms with Gasteiger partial charge in [0.05, 0.1) is 17.1 Å². The van der Waals surface area contributed by atoms with Crippen LogP contribution < -0.4 is 5.43 Å². The molecule has 1 N–H and O–H groups in total. The molecule has 0 saturated heterocycles. The monoisotopic (exact) mass is 238 g/mol. The van der Waals surface area contributed by atoms with Crippen molar-refractivity contribution in [2.45, 2.75) is 6.92 Å². The number of fused-ring (bicyclic) bond motifs is 1. The molecule has 0 bridgehead atoms. The highest BCUT2D eigenvalue weighted by molar-refractivity contribution is 9.10. The van der Waals surface area contributed by atoms with Crippen LogP contribution in [0.2, 0.25) is 0 Å². The molecule has 2 aromatic rings. The first kappa shape index (κ1) is 8.44. The number of rotatable bonds is 0. The van der Waals surface area contributed by atoms with Crippen molar-refractivity contribution in [1.82, 2.24) is 10.2 Å². The second kappa shape index (κ2) is 2.96. The van der Waals surface area contributed by atoms with Gasteiger partial charge in [-0.2, -0.15) is 5.10 Å². The lowest BCUT2D eigenvalue weighted by Crippen LogP contribution is -2.04. The molecule has 1 aromatic heterocycles. The van der Waals surface area contributed by atoms with E-state index in [1.165, 1.54) is 6.20 Å². The molecule has 0 atom stereocenters. The molecule has 0 amide bonds. The fourth-order valence-electron chi connectivity index (χ4n) is 1.24. The van der Waals surface area contributed by atoms with Crippen molar-refractivity contribution in [2.24, 2.45) is 0 Å². The molecular formula is C9H7BrN2O. The second-order valence-electron chi connectivity index (χ2n) is 2.85. The van der Waals surface area contributed by atoms with Crippen LogP contribution in [0.15, 0.2) is 27.6 Å². The third-order valence-electron chi connectivity index (χ3n) is 1.95. The zero-order valence-corrected chi connectivity index (χ0v) is 8.55. The van der Waals surface area contributed by atoms with E-state index in [9.17, 15) is 4.79 Å². The number of H-pyrrole nitrogens is 1. The quantitative estimate of drug-likeness (QED) is 0.764. The molecular weight excluding hydrogens is 232 g/mol. The SMILES string of the molecule is Cc1ccc2[nH]ncc(=O)c2c1Br. The van der Waals surface area contributed by atoms with Gasteiger partial charge in [-0.3, -0.25) is 9.89 Å². The molecule has 13 heavy (non-hydrogen) atoms. The van der Waals surface area contributed by atoms with Gasteiger partial charge in [0.25, 0.3) is 0 Å². The number of aromatic nitrogens is 2. The maximum absolute atomic E-state index is 11.4. The van der Waals surface area contributed by atoms with Crippen molar-refractivity contribution in [3.05, 3.63) is 38.6 Å². The van der Waals surface area contributed by atoms with E-state index < -0.39 is 0 Å². The molecule has 2 rings (SSSR count). The van der Waals surface area contributed by atoms with Crippen LogP contribution in [0, 0.1) is 6.92 Å². The number of nitrogens with zero attached hydrogens (tertiary/aromatic N) is 1. The average Bonchev–Trinajstić information content (AvgIpc) is 2.12. The Morgan fingerprint density at radius 1 is 1.46 bits per heavy atom. The van der Waals surface area contributed by atoms with Crippen LogP contribution in [0.3, 0.4) is 0 Å².